The Hall–Kier alpha value is -0.280. The zero-order valence-electron chi connectivity index (χ0n) is 16.5. The van der Waals surface area contributed by atoms with Crippen molar-refractivity contribution in [1.82, 2.24) is 10.6 Å². The molecule has 0 amide bonds. The topological polar surface area (TPSA) is 39.7 Å². The van der Waals surface area contributed by atoms with Crippen LogP contribution in [0.5, 0.6) is 0 Å². The molecule has 0 aromatic heterocycles. The quantitative estimate of drug-likeness (QED) is 0.334. The lowest BCUT2D eigenvalue weighted by Gasteiger charge is -2.28. The van der Waals surface area contributed by atoms with Gasteiger partial charge in [-0.2, -0.15) is 23.5 Å². The molecule has 3 rings (SSSR count). The lowest BCUT2D eigenvalue weighted by Crippen LogP contribution is -2.43. The second-order valence-electron chi connectivity index (χ2n) is 7.22. The standard InChI is InChI=1S/C20H32N4S2.HI/c1-3-21-19(23-16-20(2)9-4-12-26-20)22-15-17-5-7-18(8-6-17)24-10-13-25-14-11-24;/h5-8H,3-4,9-16H2,1-2H3,(H2,21,22,23);1H. The molecule has 0 spiro atoms. The van der Waals surface area contributed by atoms with E-state index >= 15 is 0 Å². The first kappa shape index (κ1) is 23.0. The van der Waals surface area contributed by atoms with Crippen molar-refractivity contribution in [3.05, 3.63) is 29.8 Å². The van der Waals surface area contributed by atoms with Crippen molar-refractivity contribution in [2.24, 2.45) is 4.99 Å². The van der Waals surface area contributed by atoms with Gasteiger partial charge in [0.2, 0.25) is 0 Å². The first-order chi connectivity index (χ1) is 12.7. The first-order valence-corrected chi connectivity index (χ1v) is 11.9. The number of halogens is 1. The highest BCUT2D eigenvalue weighted by atomic mass is 127. The van der Waals surface area contributed by atoms with Gasteiger partial charge in [0, 0.05) is 48.1 Å². The monoisotopic (exact) mass is 520 g/mol. The van der Waals surface area contributed by atoms with Crippen molar-refractivity contribution in [3.63, 3.8) is 0 Å². The highest BCUT2D eigenvalue weighted by molar-refractivity contribution is 14.0. The molecule has 1 atom stereocenters. The normalized spacial score (nSPS) is 23.0. The first-order valence-electron chi connectivity index (χ1n) is 9.76. The van der Waals surface area contributed by atoms with E-state index in [0.717, 1.165) is 38.7 Å². The fraction of sp³-hybridized carbons (Fsp3) is 0.650. The van der Waals surface area contributed by atoms with Gasteiger partial charge in [0.15, 0.2) is 5.96 Å². The molecular weight excluding hydrogens is 487 g/mol. The van der Waals surface area contributed by atoms with Gasteiger partial charge in [-0.25, -0.2) is 4.99 Å². The summed E-state index contributed by atoms with van der Waals surface area (Å²) in [4.78, 5) is 7.27. The van der Waals surface area contributed by atoms with Crippen LogP contribution in [0.3, 0.4) is 0 Å². The minimum atomic E-state index is 0. The number of aliphatic imine (C=N–C) groups is 1. The van der Waals surface area contributed by atoms with E-state index in [1.54, 1.807) is 0 Å². The van der Waals surface area contributed by atoms with Gasteiger partial charge in [-0.3, -0.25) is 0 Å². The van der Waals surface area contributed by atoms with Crippen molar-refractivity contribution in [3.8, 4) is 0 Å². The van der Waals surface area contributed by atoms with Crippen LogP contribution in [0.25, 0.3) is 0 Å². The summed E-state index contributed by atoms with van der Waals surface area (Å²) in [6.45, 7) is 9.39. The summed E-state index contributed by atoms with van der Waals surface area (Å²) >= 11 is 4.13. The van der Waals surface area contributed by atoms with Gasteiger partial charge in [0.1, 0.15) is 0 Å². The maximum atomic E-state index is 4.79. The molecule has 1 aromatic carbocycles. The van der Waals surface area contributed by atoms with Gasteiger partial charge in [-0.05, 0) is 50.1 Å². The molecule has 0 bridgehead atoms. The molecular formula is C20H33IN4S2. The molecule has 1 aromatic rings. The molecule has 2 heterocycles. The number of hydrogen-bond donors (Lipinski definition) is 2. The van der Waals surface area contributed by atoms with E-state index in [1.807, 2.05) is 0 Å². The minimum Gasteiger partial charge on any atom is -0.370 e. The molecule has 0 saturated carbocycles. The van der Waals surface area contributed by atoms with Gasteiger partial charge >= 0.3 is 0 Å². The van der Waals surface area contributed by atoms with Crippen LogP contribution < -0.4 is 15.5 Å². The number of thioether (sulfide) groups is 2. The maximum Gasteiger partial charge on any atom is 0.191 e. The third-order valence-corrected chi connectivity index (χ3v) is 7.49. The van der Waals surface area contributed by atoms with Crippen LogP contribution in [0, 0.1) is 0 Å². The SMILES string of the molecule is CCNC(=NCc1ccc(N2CCSCC2)cc1)NCC1(C)CCCS1.I. The van der Waals surface area contributed by atoms with Crippen LogP contribution in [0.15, 0.2) is 29.3 Å². The summed E-state index contributed by atoms with van der Waals surface area (Å²) in [7, 11) is 0. The Kier molecular flexibility index (Phi) is 9.93. The van der Waals surface area contributed by atoms with Crippen molar-refractivity contribution >= 4 is 59.1 Å². The minimum absolute atomic E-state index is 0. The lowest BCUT2D eigenvalue weighted by molar-refractivity contribution is 0.584. The molecule has 2 aliphatic rings. The van der Waals surface area contributed by atoms with E-state index in [2.05, 4.69) is 77.2 Å². The van der Waals surface area contributed by atoms with Crippen LogP contribution in [-0.4, -0.2) is 54.1 Å². The summed E-state index contributed by atoms with van der Waals surface area (Å²) in [6, 6.07) is 8.94. The number of benzene rings is 1. The molecule has 2 aliphatic heterocycles. The van der Waals surface area contributed by atoms with Crippen LogP contribution in [0.4, 0.5) is 5.69 Å². The smallest absolute Gasteiger partial charge is 0.191 e. The zero-order valence-corrected chi connectivity index (χ0v) is 20.5. The average Bonchev–Trinajstić information content (AvgIpc) is 3.12. The average molecular weight is 521 g/mol. The second-order valence-corrected chi connectivity index (χ2v) is 10.1. The maximum absolute atomic E-state index is 4.79. The Morgan fingerprint density at radius 2 is 1.89 bits per heavy atom. The molecule has 7 heteroatoms. The van der Waals surface area contributed by atoms with Gasteiger partial charge in [-0.1, -0.05) is 12.1 Å². The molecule has 0 radical (unpaired) electrons. The van der Waals surface area contributed by atoms with Gasteiger partial charge < -0.3 is 15.5 Å². The van der Waals surface area contributed by atoms with Gasteiger partial charge in [0.25, 0.3) is 0 Å². The summed E-state index contributed by atoms with van der Waals surface area (Å²) in [5.74, 6) is 4.69. The summed E-state index contributed by atoms with van der Waals surface area (Å²) < 4.78 is 0.352. The van der Waals surface area contributed by atoms with Gasteiger partial charge in [-0.15, -0.1) is 24.0 Å². The molecule has 4 nitrogen and oxygen atoms in total. The number of nitrogens with zero attached hydrogens (tertiary/aromatic N) is 2. The largest absolute Gasteiger partial charge is 0.370 e. The summed E-state index contributed by atoms with van der Waals surface area (Å²) in [5.41, 5.74) is 2.60. The Morgan fingerprint density at radius 3 is 2.52 bits per heavy atom. The van der Waals surface area contributed by atoms with Crippen LogP contribution in [0.2, 0.25) is 0 Å². The Labute approximate surface area is 190 Å². The molecule has 0 aliphatic carbocycles. The second kappa shape index (κ2) is 11.7. The summed E-state index contributed by atoms with van der Waals surface area (Å²) in [6.07, 6.45) is 2.62. The van der Waals surface area contributed by atoms with Crippen LogP contribution in [0.1, 0.15) is 32.3 Å². The Morgan fingerprint density at radius 1 is 1.15 bits per heavy atom. The third-order valence-electron chi connectivity index (χ3n) is 5.01. The van der Waals surface area contributed by atoms with E-state index < -0.39 is 0 Å². The van der Waals surface area contributed by atoms with Crippen LogP contribution >= 0.6 is 47.5 Å². The Balaban J connectivity index is 0.00000261. The fourth-order valence-electron chi connectivity index (χ4n) is 3.39. The predicted molar refractivity (Wildman–Crippen MR) is 134 cm³/mol. The highest BCUT2D eigenvalue weighted by Gasteiger charge is 2.29. The highest BCUT2D eigenvalue weighted by Crippen LogP contribution is 2.36. The van der Waals surface area contributed by atoms with Gasteiger partial charge in [0.05, 0.1) is 6.54 Å². The lowest BCUT2D eigenvalue weighted by atomic mass is 10.1. The predicted octanol–water partition coefficient (Wildman–Crippen LogP) is 4.20. The van der Waals surface area contributed by atoms with Crippen molar-refractivity contribution in [2.75, 3.05) is 48.3 Å². The Bertz CT molecular complexity index is 582. The molecule has 152 valence electrons. The third kappa shape index (κ3) is 7.24. The number of rotatable bonds is 6. The number of anilines is 1. The molecule has 2 fully saturated rings. The van der Waals surface area contributed by atoms with E-state index in [4.69, 9.17) is 4.99 Å². The van der Waals surface area contributed by atoms with E-state index in [0.29, 0.717) is 4.75 Å². The number of nitrogens with one attached hydrogen (secondary N) is 2. The fourth-order valence-corrected chi connectivity index (χ4v) is 5.54. The number of hydrogen-bond acceptors (Lipinski definition) is 4. The van der Waals surface area contributed by atoms with E-state index in [-0.39, 0.29) is 24.0 Å². The van der Waals surface area contributed by atoms with Crippen molar-refractivity contribution in [2.45, 2.75) is 38.0 Å². The molecule has 1 unspecified atom stereocenters. The molecule has 2 N–H and O–H groups in total. The van der Waals surface area contributed by atoms with Crippen LogP contribution in [-0.2, 0) is 6.54 Å². The van der Waals surface area contributed by atoms with E-state index in [1.165, 1.54) is 41.4 Å². The van der Waals surface area contributed by atoms with Crippen molar-refractivity contribution in [1.29, 1.82) is 0 Å². The zero-order chi connectivity index (χ0) is 18.2. The summed E-state index contributed by atoms with van der Waals surface area (Å²) in [5, 5.41) is 6.92. The van der Waals surface area contributed by atoms with E-state index in [9.17, 15) is 0 Å². The number of guanidine groups is 1. The molecule has 27 heavy (non-hydrogen) atoms. The molecule has 2 saturated heterocycles. The van der Waals surface area contributed by atoms with Crippen molar-refractivity contribution < 1.29 is 0 Å².